The van der Waals surface area contributed by atoms with Gasteiger partial charge in [0.25, 0.3) is 0 Å². The molecule has 0 radical (unpaired) electrons. The van der Waals surface area contributed by atoms with E-state index in [4.69, 9.17) is 6.42 Å². The van der Waals surface area contributed by atoms with E-state index in [2.05, 4.69) is 17.7 Å². The average Bonchev–Trinajstić information content (AvgIpc) is 2.12. The third-order valence-electron chi connectivity index (χ3n) is 2.74. The van der Waals surface area contributed by atoms with Gasteiger partial charge in [-0.2, -0.15) is 0 Å². The number of likely N-dealkylation sites (tertiary alicyclic amines) is 1. The summed E-state index contributed by atoms with van der Waals surface area (Å²) < 4.78 is 0. The van der Waals surface area contributed by atoms with Gasteiger partial charge in [-0.15, -0.1) is 12.3 Å². The molecule has 0 aromatic carbocycles. The highest BCUT2D eigenvalue weighted by Gasteiger charge is 2.23. The maximum absolute atomic E-state index is 9.51. The molecule has 0 spiro atoms. The standard InChI is InChI=1S/C11H19NO/c1-3-4-5-7-12-8-6-11(13)10(2)9-12/h1,10-11,13H,4-9H2,2H3. The van der Waals surface area contributed by atoms with Crippen molar-refractivity contribution in [3.05, 3.63) is 0 Å². The summed E-state index contributed by atoms with van der Waals surface area (Å²) >= 11 is 0. The van der Waals surface area contributed by atoms with Crippen molar-refractivity contribution in [2.45, 2.75) is 32.3 Å². The smallest absolute Gasteiger partial charge is 0.0590 e. The second kappa shape index (κ2) is 5.26. The van der Waals surface area contributed by atoms with Crippen molar-refractivity contribution in [3.8, 4) is 12.3 Å². The van der Waals surface area contributed by atoms with Gasteiger partial charge in [0.2, 0.25) is 0 Å². The second-order valence-corrected chi connectivity index (χ2v) is 3.94. The monoisotopic (exact) mass is 181 g/mol. The van der Waals surface area contributed by atoms with E-state index in [-0.39, 0.29) is 6.10 Å². The highest BCUT2D eigenvalue weighted by Crippen LogP contribution is 2.16. The van der Waals surface area contributed by atoms with E-state index in [0.717, 1.165) is 38.9 Å². The summed E-state index contributed by atoms with van der Waals surface area (Å²) in [5.41, 5.74) is 0. The highest BCUT2D eigenvalue weighted by atomic mass is 16.3. The molecule has 2 unspecified atom stereocenters. The lowest BCUT2D eigenvalue weighted by Crippen LogP contribution is -2.42. The molecule has 0 aromatic rings. The normalized spacial score (nSPS) is 29.9. The molecule has 0 bridgehead atoms. The molecule has 0 aliphatic carbocycles. The Morgan fingerprint density at radius 2 is 2.38 bits per heavy atom. The van der Waals surface area contributed by atoms with Crippen molar-refractivity contribution in [3.63, 3.8) is 0 Å². The van der Waals surface area contributed by atoms with E-state index in [1.807, 2.05) is 0 Å². The van der Waals surface area contributed by atoms with Gasteiger partial charge in [0.15, 0.2) is 0 Å². The molecule has 0 amide bonds. The molecule has 1 aliphatic rings. The lowest BCUT2D eigenvalue weighted by molar-refractivity contribution is 0.0349. The first-order chi connectivity index (χ1) is 6.24. The van der Waals surface area contributed by atoms with Gasteiger partial charge in [0.1, 0.15) is 0 Å². The molecule has 1 fully saturated rings. The minimum absolute atomic E-state index is 0.0936. The molecular formula is C11H19NO. The molecular weight excluding hydrogens is 162 g/mol. The largest absolute Gasteiger partial charge is 0.393 e. The van der Waals surface area contributed by atoms with Crippen molar-refractivity contribution in [2.24, 2.45) is 5.92 Å². The number of terminal acetylenes is 1. The maximum atomic E-state index is 9.51. The number of nitrogens with zero attached hydrogens (tertiary/aromatic N) is 1. The van der Waals surface area contributed by atoms with Crippen molar-refractivity contribution in [1.82, 2.24) is 4.90 Å². The van der Waals surface area contributed by atoms with E-state index in [1.54, 1.807) is 0 Å². The SMILES string of the molecule is C#CCCCN1CCC(O)C(C)C1. The quantitative estimate of drug-likeness (QED) is 0.520. The molecule has 0 saturated carbocycles. The Hall–Kier alpha value is -0.520. The molecule has 1 N–H and O–H groups in total. The Morgan fingerprint density at radius 3 is 3.00 bits per heavy atom. The summed E-state index contributed by atoms with van der Waals surface area (Å²) in [6.07, 6.45) is 7.96. The lowest BCUT2D eigenvalue weighted by atomic mass is 9.96. The minimum Gasteiger partial charge on any atom is -0.393 e. The predicted molar refractivity (Wildman–Crippen MR) is 54.3 cm³/mol. The van der Waals surface area contributed by atoms with E-state index in [0.29, 0.717) is 5.92 Å². The van der Waals surface area contributed by atoms with Crippen LogP contribution in [0.5, 0.6) is 0 Å². The predicted octanol–water partition coefficient (Wildman–Crippen LogP) is 1.10. The van der Waals surface area contributed by atoms with Crippen molar-refractivity contribution in [1.29, 1.82) is 0 Å². The summed E-state index contributed by atoms with van der Waals surface area (Å²) in [5.74, 6) is 3.07. The lowest BCUT2D eigenvalue weighted by Gasteiger charge is -2.34. The topological polar surface area (TPSA) is 23.5 Å². The van der Waals surface area contributed by atoms with Gasteiger partial charge in [-0.25, -0.2) is 0 Å². The van der Waals surface area contributed by atoms with Gasteiger partial charge in [-0.05, 0) is 25.3 Å². The summed E-state index contributed by atoms with van der Waals surface area (Å²) in [5, 5.41) is 9.51. The molecule has 1 aliphatic heterocycles. The number of aliphatic hydroxyl groups is 1. The molecule has 1 heterocycles. The zero-order valence-corrected chi connectivity index (χ0v) is 8.37. The van der Waals surface area contributed by atoms with Crippen molar-refractivity contribution in [2.75, 3.05) is 19.6 Å². The van der Waals surface area contributed by atoms with E-state index < -0.39 is 0 Å². The molecule has 2 heteroatoms. The number of piperidine rings is 1. The van der Waals surface area contributed by atoms with Gasteiger partial charge in [-0.3, -0.25) is 0 Å². The first-order valence-corrected chi connectivity index (χ1v) is 5.08. The van der Waals surface area contributed by atoms with Crippen LogP contribution in [0.4, 0.5) is 0 Å². The van der Waals surface area contributed by atoms with Crippen LogP contribution in [0.25, 0.3) is 0 Å². The van der Waals surface area contributed by atoms with Gasteiger partial charge in [0, 0.05) is 19.5 Å². The zero-order valence-electron chi connectivity index (χ0n) is 8.37. The third kappa shape index (κ3) is 3.38. The van der Waals surface area contributed by atoms with E-state index >= 15 is 0 Å². The van der Waals surface area contributed by atoms with Crippen molar-refractivity contribution >= 4 is 0 Å². The first kappa shape index (κ1) is 10.6. The van der Waals surface area contributed by atoms with Crippen LogP contribution in [0.15, 0.2) is 0 Å². The molecule has 13 heavy (non-hydrogen) atoms. The molecule has 74 valence electrons. The summed E-state index contributed by atoms with van der Waals surface area (Å²) in [7, 11) is 0. The van der Waals surface area contributed by atoms with Gasteiger partial charge >= 0.3 is 0 Å². The molecule has 2 atom stereocenters. The van der Waals surface area contributed by atoms with Crippen LogP contribution in [0.3, 0.4) is 0 Å². The Morgan fingerprint density at radius 1 is 1.62 bits per heavy atom. The Labute approximate surface area is 80.9 Å². The van der Waals surface area contributed by atoms with E-state index in [9.17, 15) is 5.11 Å². The average molecular weight is 181 g/mol. The number of unbranched alkanes of at least 4 members (excludes halogenated alkanes) is 1. The highest BCUT2D eigenvalue weighted by molar-refractivity contribution is 4.84. The molecule has 0 aromatic heterocycles. The summed E-state index contributed by atoms with van der Waals surface area (Å²) in [6, 6.07) is 0. The van der Waals surface area contributed by atoms with Crippen LogP contribution in [-0.4, -0.2) is 35.7 Å². The fourth-order valence-electron chi connectivity index (χ4n) is 1.83. The van der Waals surface area contributed by atoms with E-state index in [1.165, 1.54) is 0 Å². The molecule has 1 saturated heterocycles. The van der Waals surface area contributed by atoms with Crippen LogP contribution in [0.1, 0.15) is 26.2 Å². The van der Waals surface area contributed by atoms with Gasteiger partial charge in [-0.1, -0.05) is 6.92 Å². The molecule has 2 nitrogen and oxygen atoms in total. The molecule has 1 rings (SSSR count). The number of rotatable bonds is 3. The first-order valence-electron chi connectivity index (χ1n) is 5.08. The van der Waals surface area contributed by atoms with Crippen LogP contribution in [-0.2, 0) is 0 Å². The van der Waals surface area contributed by atoms with Crippen molar-refractivity contribution < 1.29 is 5.11 Å². The Bertz CT molecular complexity index is 185. The van der Waals surface area contributed by atoms with Crippen LogP contribution < -0.4 is 0 Å². The zero-order chi connectivity index (χ0) is 9.68. The van der Waals surface area contributed by atoms with Crippen LogP contribution >= 0.6 is 0 Å². The minimum atomic E-state index is -0.0936. The van der Waals surface area contributed by atoms with Gasteiger partial charge in [0.05, 0.1) is 6.10 Å². The number of aliphatic hydroxyl groups excluding tert-OH is 1. The Kier molecular flexibility index (Phi) is 4.27. The van der Waals surface area contributed by atoms with Crippen LogP contribution in [0.2, 0.25) is 0 Å². The fraction of sp³-hybridized carbons (Fsp3) is 0.818. The third-order valence-corrected chi connectivity index (χ3v) is 2.74. The number of hydrogen-bond donors (Lipinski definition) is 1. The maximum Gasteiger partial charge on any atom is 0.0590 e. The fourth-order valence-corrected chi connectivity index (χ4v) is 1.83. The summed E-state index contributed by atoms with van der Waals surface area (Å²) in [4.78, 5) is 2.40. The van der Waals surface area contributed by atoms with Gasteiger partial charge < -0.3 is 10.0 Å². The Balaban J connectivity index is 2.18. The van der Waals surface area contributed by atoms with Crippen LogP contribution in [0, 0.1) is 18.3 Å². The summed E-state index contributed by atoms with van der Waals surface area (Å²) in [6.45, 7) is 5.24. The second-order valence-electron chi connectivity index (χ2n) is 3.94. The number of hydrogen-bond acceptors (Lipinski definition) is 2.